The van der Waals surface area contributed by atoms with Gasteiger partial charge in [0.05, 0.1) is 11.0 Å². The number of hydrogen-bond acceptors (Lipinski definition) is 3. The second kappa shape index (κ2) is 7.35. The maximum atomic E-state index is 12.2. The standard InChI is InChI=1S/C13H17Br2NO3S/c14-10-4-5-13(12(15)9-10)20(17,18)16-7-6-11-3-1-2-8-19-11/h4-5,9,11,16H,1-3,6-8H2. The van der Waals surface area contributed by atoms with Gasteiger partial charge < -0.3 is 4.74 Å². The van der Waals surface area contributed by atoms with E-state index >= 15 is 0 Å². The molecule has 4 nitrogen and oxygen atoms in total. The molecule has 1 aromatic carbocycles. The summed E-state index contributed by atoms with van der Waals surface area (Å²) in [5, 5.41) is 0. The number of hydrogen-bond donors (Lipinski definition) is 1. The van der Waals surface area contributed by atoms with Crippen molar-refractivity contribution in [2.24, 2.45) is 0 Å². The van der Waals surface area contributed by atoms with Gasteiger partial charge in [0.15, 0.2) is 0 Å². The third-order valence-electron chi connectivity index (χ3n) is 3.22. The fourth-order valence-corrected chi connectivity index (χ4v) is 4.95. The van der Waals surface area contributed by atoms with Crippen LogP contribution in [0.2, 0.25) is 0 Å². The highest BCUT2D eigenvalue weighted by molar-refractivity contribution is 9.11. The van der Waals surface area contributed by atoms with E-state index in [0.717, 1.165) is 30.3 Å². The van der Waals surface area contributed by atoms with Crippen molar-refractivity contribution in [3.8, 4) is 0 Å². The summed E-state index contributed by atoms with van der Waals surface area (Å²) >= 11 is 6.58. The zero-order valence-electron chi connectivity index (χ0n) is 10.9. The minimum atomic E-state index is -3.48. The Kier molecular flexibility index (Phi) is 6.04. The van der Waals surface area contributed by atoms with Crippen molar-refractivity contribution in [3.05, 3.63) is 27.1 Å². The summed E-state index contributed by atoms with van der Waals surface area (Å²) in [4.78, 5) is 0.255. The van der Waals surface area contributed by atoms with Crippen molar-refractivity contribution < 1.29 is 13.2 Å². The van der Waals surface area contributed by atoms with E-state index in [2.05, 4.69) is 36.6 Å². The Bertz CT molecular complexity index is 557. The molecule has 1 aliphatic heterocycles. The Balaban J connectivity index is 1.93. The van der Waals surface area contributed by atoms with E-state index in [1.165, 1.54) is 0 Å². The first kappa shape index (κ1) is 16.4. The van der Waals surface area contributed by atoms with Crippen LogP contribution in [0.1, 0.15) is 25.7 Å². The lowest BCUT2D eigenvalue weighted by Crippen LogP contribution is -2.29. The lowest BCUT2D eigenvalue weighted by Gasteiger charge is -2.22. The molecule has 1 atom stereocenters. The molecule has 0 amide bonds. The van der Waals surface area contributed by atoms with Crippen LogP contribution in [0.4, 0.5) is 0 Å². The van der Waals surface area contributed by atoms with Crippen LogP contribution < -0.4 is 4.72 Å². The number of nitrogens with one attached hydrogen (secondary N) is 1. The van der Waals surface area contributed by atoms with Crippen LogP contribution in [-0.4, -0.2) is 27.7 Å². The number of sulfonamides is 1. The fourth-order valence-electron chi connectivity index (χ4n) is 2.16. The molecule has 7 heteroatoms. The molecule has 1 saturated heterocycles. The van der Waals surface area contributed by atoms with Crippen molar-refractivity contribution in [1.29, 1.82) is 0 Å². The number of ether oxygens (including phenoxy) is 1. The summed E-state index contributed by atoms with van der Waals surface area (Å²) in [5.74, 6) is 0. The summed E-state index contributed by atoms with van der Waals surface area (Å²) < 4.78 is 34.0. The molecular weight excluding hydrogens is 410 g/mol. The predicted molar refractivity (Wildman–Crippen MR) is 85.2 cm³/mol. The Morgan fingerprint density at radius 3 is 2.75 bits per heavy atom. The molecule has 0 spiro atoms. The number of benzene rings is 1. The van der Waals surface area contributed by atoms with Gasteiger partial charge in [-0.15, -0.1) is 0 Å². The quantitative estimate of drug-likeness (QED) is 0.784. The van der Waals surface area contributed by atoms with Gasteiger partial charge in [-0.25, -0.2) is 13.1 Å². The van der Waals surface area contributed by atoms with Gasteiger partial charge in [0.25, 0.3) is 0 Å². The van der Waals surface area contributed by atoms with Gasteiger partial charge in [0.2, 0.25) is 10.0 Å². The first-order valence-corrected chi connectivity index (χ1v) is 9.62. The first-order valence-electron chi connectivity index (χ1n) is 6.55. The maximum Gasteiger partial charge on any atom is 0.241 e. The minimum Gasteiger partial charge on any atom is -0.378 e. The lowest BCUT2D eigenvalue weighted by atomic mass is 10.1. The molecule has 112 valence electrons. The van der Waals surface area contributed by atoms with Gasteiger partial charge in [-0.1, -0.05) is 15.9 Å². The third-order valence-corrected chi connectivity index (χ3v) is 6.15. The first-order chi connectivity index (χ1) is 9.49. The Hall–Kier alpha value is 0.0500. The van der Waals surface area contributed by atoms with Crippen LogP contribution >= 0.6 is 31.9 Å². The molecule has 0 aromatic heterocycles. The average Bonchev–Trinajstić information content (AvgIpc) is 2.39. The molecule has 0 bridgehead atoms. The second-order valence-electron chi connectivity index (χ2n) is 4.75. The van der Waals surface area contributed by atoms with Crippen molar-refractivity contribution in [2.45, 2.75) is 36.7 Å². The largest absolute Gasteiger partial charge is 0.378 e. The zero-order chi connectivity index (χ0) is 14.6. The molecule has 1 fully saturated rings. The Morgan fingerprint density at radius 2 is 2.10 bits per heavy atom. The molecule has 0 radical (unpaired) electrons. The summed E-state index contributed by atoms with van der Waals surface area (Å²) in [6.07, 6.45) is 4.18. The molecule has 0 aliphatic carbocycles. The predicted octanol–water partition coefficient (Wildman–Crippen LogP) is 3.45. The van der Waals surface area contributed by atoms with Gasteiger partial charge in [0.1, 0.15) is 0 Å². The molecule has 20 heavy (non-hydrogen) atoms. The molecule has 1 heterocycles. The van der Waals surface area contributed by atoms with Crippen molar-refractivity contribution in [1.82, 2.24) is 4.72 Å². The molecule has 1 unspecified atom stereocenters. The zero-order valence-corrected chi connectivity index (χ0v) is 14.9. The van der Waals surface area contributed by atoms with E-state index in [-0.39, 0.29) is 11.0 Å². The number of halogens is 2. The van der Waals surface area contributed by atoms with Crippen LogP contribution in [0.25, 0.3) is 0 Å². The molecule has 0 saturated carbocycles. The van der Waals surface area contributed by atoms with Crippen LogP contribution in [0, 0.1) is 0 Å². The number of rotatable bonds is 5. The van der Waals surface area contributed by atoms with Crippen LogP contribution in [0.3, 0.4) is 0 Å². The van der Waals surface area contributed by atoms with E-state index in [4.69, 9.17) is 4.74 Å². The van der Waals surface area contributed by atoms with Gasteiger partial charge in [-0.2, -0.15) is 0 Å². The SMILES string of the molecule is O=S(=O)(NCCC1CCCCO1)c1ccc(Br)cc1Br. The highest BCUT2D eigenvalue weighted by atomic mass is 79.9. The molecule has 1 aliphatic rings. The summed E-state index contributed by atoms with van der Waals surface area (Å²) in [6, 6.07) is 5.01. The lowest BCUT2D eigenvalue weighted by molar-refractivity contribution is 0.0123. The van der Waals surface area contributed by atoms with E-state index < -0.39 is 10.0 Å². The molecular formula is C13H17Br2NO3S. The summed E-state index contributed by atoms with van der Waals surface area (Å²) in [6.45, 7) is 1.19. The van der Waals surface area contributed by atoms with Crippen molar-refractivity contribution in [2.75, 3.05) is 13.2 Å². The van der Waals surface area contributed by atoms with Crippen LogP contribution in [0.5, 0.6) is 0 Å². The third kappa shape index (κ3) is 4.53. The monoisotopic (exact) mass is 425 g/mol. The highest BCUT2D eigenvalue weighted by Gasteiger charge is 2.19. The maximum absolute atomic E-state index is 12.2. The van der Waals surface area contributed by atoms with E-state index in [1.807, 2.05) is 0 Å². The smallest absolute Gasteiger partial charge is 0.241 e. The minimum absolute atomic E-state index is 0.180. The second-order valence-corrected chi connectivity index (χ2v) is 8.26. The fraction of sp³-hybridized carbons (Fsp3) is 0.538. The average molecular weight is 427 g/mol. The molecule has 1 aromatic rings. The van der Waals surface area contributed by atoms with Gasteiger partial charge in [0, 0.05) is 22.1 Å². The van der Waals surface area contributed by atoms with Crippen LogP contribution in [0.15, 0.2) is 32.0 Å². The van der Waals surface area contributed by atoms with Gasteiger partial charge in [-0.05, 0) is 59.8 Å². The summed E-state index contributed by atoms with van der Waals surface area (Å²) in [5.41, 5.74) is 0. The van der Waals surface area contributed by atoms with E-state index in [1.54, 1.807) is 18.2 Å². The topological polar surface area (TPSA) is 55.4 Å². The van der Waals surface area contributed by atoms with Gasteiger partial charge >= 0.3 is 0 Å². The molecule has 2 rings (SSSR count). The van der Waals surface area contributed by atoms with Gasteiger partial charge in [-0.3, -0.25) is 0 Å². The van der Waals surface area contributed by atoms with Crippen molar-refractivity contribution >= 4 is 41.9 Å². The molecule has 1 N–H and O–H groups in total. The van der Waals surface area contributed by atoms with E-state index in [0.29, 0.717) is 17.4 Å². The summed E-state index contributed by atoms with van der Waals surface area (Å²) in [7, 11) is -3.48. The highest BCUT2D eigenvalue weighted by Crippen LogP contribution is 2.25. The van der Waals surface area contributed by atoms with Crippen LogP contribution in [-0.2, 0) is 14.8 Å². The van der Waals surface area contributed by atoms with Crippen molar-refractivity contribution in [3.63, 3.8) is 0 Å². The Morgan fingerprint density at radius 1 is 1.30 bits per heavy atom. The Labute approximate surface area is 136 Å². The van der Waals surface area contributed by atoms with E-state index in [9.17, 15) is 8.42 Å². The normalized spacial score (nSPS) is 20.0.